The molecule has 0 spiro atoms. The summed E-state index contributed by atoms with van der Waals surface area (Å²) in [7, 11) is 0. The Bertz CT molecular complexity index is 708. The first kappa shape index (κ1) is 13.3. The number of nitrogens with zero attached hydrogens (tertiary/aromatic N) is 3. The number of carboxylic acids is 1. The van der Waals surface area contributed by atoms with Crippen LogP contribution in [0.3, 0.4) is 0 Å². The van der Waals surface area contributed by atoms with Crippen LogP contribution in [0.2, 0.25) is 0 Å². The lowest BCUT2D eigenvalue weighted by Crippen LogP contribution is -2.33. The first-order valence-electron chi connectivity index (χ1n) is 6.49. The fourth-order valence-electron chi connectivity index (χ4n) is 2.73. The number of likely N-dealkylation sites (tertiary alicyclic amines) is 1. The molecule has 0 radical (unpaired) electrons. The molecular formula is C13H15N3O3S. The second kappa shape index (κ2) is 4.99. The molecule has 1 aliphatic rings. The molecule has 2 aromatic heterocycles. The van der Waals surface area contributed by atoms with Crippen molar-refractivity contribution in [3.63, 3.8) is 0 Å². The maximum Gasteiger partial charge on any atom is 0.308 e. The lowest BCUT2D eigenvalue weighted by atomic mass is 10.0. The molecule has 3 rings (SSSR count). The van der Waals surface area contributed by atoms with Crippen molar-refractivity contribution in [1.82, 2.24) is 14.3 Å². The quantitative estimate of drug-likeness (QED) is 0.915. The van der Waals surface area contributed by atoms with E-state index in [2.05, 4.69) is 9.88 Å². The highest BCUT2D eigenvalue weighted by Gasteiger charge is 2.35. The van der Waals surface area contributed by atoms with E-state index in [1.54, 1.807) is 6.20 Å². The Morgan fingerprint density at radius 2 is 2.40 bits per heavy atom. The minimum atomic E-state index is -0.748. The maximum atomic E-state index is 11.9. The number of fused-ring (bicyclic) bond motifs is 1. The van der Waals surface area contributed by atoms with Gasteiger partial charge in [-0.2, -0.15) is 0 Å². The normalized spacial score (nSPS) is 23.4. The molecule has 1 saturated heterocycles. The molecule has 3 heterocycles. The van der Waals surface area contributed by atoms with Gasteiger partial charge in [0.1, 0.15) is 0 Å². The summed E-state index contributed by atoms with van der Waals surface area (Å²) in [5.41, 5.74) is 0.614. The number of aromatic nitrogens is 2. The second-order valence-electron chi connectivity index (χ2n) is 5.09. The Balaban J connectivity index is 1.83. The van der Waals surface area contributed by atoms with Crippen molar-refractivity contribution < 1.29 is 9.90 Å². The van der Waals surface area contributed by atoms with Crippen molar-refractivity contribution in [3.8, 4) is 0 Å². The molecule has 0 aromatic carbocycles. The van der Waals surface area contributed by atoms with Gasteiger partial charge in [0.05, 0.1) is 11.6 Å². The Labute approximate surface area is 119 Å². The zero-order valence-electron chi connectivity index (χ0n) is 11.0. The Kier molecular flexibility index (Phi) is 3.31. The van der Waals surface area contributed by atoms with Crippen LogP contribution in [0.25, 0.3) is 4.96 Å². The number of hydrogen-bond donors (Lipinski definition) is 1. The van der Waals surface area contributed by atoms with Crippen molar-refractivity contribution in [2.24, 2.45) is 5.92 Å². The van der Waals surface area contributed by atoms with Crippen LogP contribution in [0.4, 0.5) is 0 Å². The number of thiazole rings is 1. The van der Waals surface area contributed by atoms with Crippen LogP contribution >= 0.6 is 11.3 Å². The third-order valence-electron chi connectivity index (χ3n) is 3.92. The molecule has 0 aliphatic carbocycles. The minimum absolute atomic E-state index is 0.0314. The fourth-order valence-corrected chi connectivity index (χ4v) is 3.47. The standard InChI is InChI=1S/C13H15N3O3S/c1-8-10(12(18)19)2-3-15(8)7-9-6-11(17)16-4-5-20-13(16)14-9/h4-6,8,10H,2-3,7H2,1H3,(H,18,19). The molecule has 2 aromatic rings. The van der Waals surface area contributed by atoms with Crippen LogP contribution in [-0.2, 0) is 11.3 Å². The molecule has 2 unspecified atom stereocenters. The van der Waals surface area contributed by atoms with Crippen LogP contribution in [0.5, 0.6) is 0 Å². The number of carboxylic acid groups (broad SMARTS) is 1. The van der Waals surface area contributed by atoms with E-state index in [0.717, 1.165) is 6.54 Å². The summed E-state index contributed by atoms with van der Waals surface area (Å²) in [6.07, 6.45) is 2.36. The van der Waals surface area contributed by atoms with Crippen molar-refractivity contribution in [2.45, 2.75) is 25.9 Å². The topological polar surface area (TPSA) is 74.9 Å². The third kappa shape index (κ3) is 2.23. The Hall–Kier alpha value is -1.73. The molecule has 20 heavy (non-hydrogen) atoms. The highest BCUT2D eigenvalue weighted by atomic mass is 32.1. The van der Waals surface area contributed by atoms with Gasteiger partial charge >= 0.3 is 5.97 Å². The number of carbonyl (C=O) groups is 1. The van der Waals surface area contributed by atoms with Gasteiger partial charge in [0.25, 0.3) is 5.56 Å². The Morgan fingerprint density at radius 3 is 3.10 bits per heavy atom. The van der Waals surface area contributed by atoms with E-state index < -0.39 is 5.97 Å². The number of hydrogen-bond acceptors (Lipinski definition) is 5. The highest BCUT2D eigenvalue weighted by molar-refractivity contribution is 7.15. The predicted octanol–water partition coefficient (Wildman–Crippen LogP) is 1.05. The summed E-state index contributed by atoms with van der Waals surface area (Å²) < 4.78 is 1.52. The smallest absolute Gasteiger partial charge is 0.308 e. The third-order valence-corrected chi connectivity index (χ3v) is 4.68. The molecule has 1 N–H and O–H groups in total. The van der Waals surface area contributed by atoms with Gasteiger partial charge in [-0.25, -0.2) is 4.98 Å². The molecular weight excluding hydrogens is 278 g/mol. The Morgan fingerprint density at radius 1 is 1.60 bits per heavy atom. The van der Waals surface area contributed by atoms with Crippen LogP contribution in [0.1, 0.15) is 19.0 Å². The highest BCUT2D eigenvalue weighted by Crippen LogP contribution is 2.25. The minimum Gasteiger partial charge on any atom is -0.481 e. The summed E-state index contributed by atoms with van der Waals surface area (Å²) in [5, 5.41) is 11.0. The molecule has 1 aliphatic heterocycles. The van der Waals surface area contributed by atoms with Gasteiger partial charge in [-0.15, -0.1) is 11.3 Å². The van der Waals surface area contributed by atoms with Crippen molar-refractivity contribution in [1.29, 1.82) is 0 Å². The summed E-state index contributed by atoms with van der Waals surface area (Å²) in [6, 6.07) is 1.50. The molecule has 1 fully saturated rings. The van der Waals surface area contributed by atoms with E-state index >= 15 is 0 Å². The predicted molar refractivity (Wildman–Crippen MR) is 75.0 cm³/mol. The average Bonchev–Trinajstić information content (AvgIpc) is 2.97. The average molecular weight is 293 g/mol. The lowest BCUT2D eigenvalue weighted by molar-refractivity contribution is -0.142. The van der Waals surface area contributed by atoms with E-state index in [9.17, 15) is 9.59 Å². The lowest BCUT2D eigenvalue weighted by Gasteiger charge is -2.22. The van der Waals surface area contributed by atoms with Gasteiger partial charge in [-0.3, -0.25) is 18.9 Å². The van der Waals surface area contributed by atoms with Crippen molar-refractivity contribution in [2.75, 3.05) is 6.54 Å². The van der Waals surface area contributed by atoms with Gasteiger partial charge in [0.15, 0.2) is 4.96 Å². The van der Waals surface area contributed by atoms with Crippen LogP contribution < -0.4 is 5.56 Å². The zero-order chi connectivity index (χ0) is 14.3. The van der Waals surface area contributed by atoms with Crippen LogP contribution in [0.15, 0.2) is 22.4 Å². The van der Waals surface area contributed by atoms with Gasteiger partial charge in [0, 0.05) is 30.2 Å². The molecule has 0 amide bonds. The fraction of sp³-hybridized carbons (Fsp3) is 0.462. The molecule has 7 heteroatoms. The zero-order valence-corrected chi connectivity index (χ0v) is 11.8. The van der Waals surface area contributed by atoms with E-state index in [4.69, 9.17) is 5.11 Å². The van der Waals surface area contributed by atoms with E-state index in [0.29, 0.717) is 23.6 Å². The van der Waals surface area contributed by atoms with E-state index in [-0.39, 0.29) is 17.5 Å². The SMILES string of the molecule is CC1C(C(=O)O)CCN1Cc1cc(=O)n2ccsc2n1. The van der Waals surface area contributed by atoms with Crippen LogP contribution in [0, 0.1) is 5.92 Å². The van der Waals surface area contributed by atoms with Crippen molar-refractivity contribution in [3.05, 3.63) is 33.7 Å². The summed E-state index contributed by atoms with van der Waals surface area (Å²) in [6.45, 7) is 3.17. The molecule has 106 valence electrons. The summed E-state index contributed by atoms with van der Waals surface area (Å²) in [4.78, 5) is 30.2. The maximum absolute atomic E-state index is 11.9. The van der Waals surface area contributed by atoms with Gasteiger partial charge < -0.3 is 5.11 Å². The van der Waals surface area contributed by atoms with Gasteiger partial charge in [0.2, 0.25) is 0 Å². The number of aliphatic carboxylic acids is 1. The summed E-state index contributed by atoms with van der Waals surface area (Å²) in [5.74, 6) is -1.08. The molecule has 2 atom stereocenters. The summed E-state index contributed by atoms with van der Waals surface area (Å²) >= 11 is 1.42. The first-order valence-corrected chi connectivity index (χ1v) is 7.37. The van der Waals surface area contributed by atoms with Crippen LogP contribution in [-0.4, -0.2) is 37.9 Å². The van der Waals surface area contributed by atoms with E-state index in [1.807, 2.05) is 12.3 Å². The molecule has 0 saturated carbocycles. The van der Waals surface area contributed by atoms with Gasteiger partial charge in [-0.05, 0) is 19.9 Å². The number of rotatable bonds is 3. The largest absolute Gasteiger partial charge is 0.481 e. The molecule has 6 nitrogen and oxygen atoms in total. The second-order valence-corrected chi connectivity index (χ2v) is 5.96. The first-order chi connectivity index (χ1) is 9.56. The molecule has 0 bridgehead atoms. The monoisotopic (exact) mass is 293 g/mol. The van der Waals surface area contributed by atoms with Crippen molar-refractivity contribution >= 4 is 22.3 Å². The van der Waals surface area contributed by atoms with Gasteiger partial charge in [-0.1, -0.05) is 0 Å². The van der Waals surface area contributed by atoms with E-state index in [1.165, 1.54) is 21.8 Å².